The number of benzene rings is 2. The quantitative estimate of drug-likeness (QED) is 0.837. The molecule has 1 aliphatic carbocycles. The highest BCUT2D eigenvalue weighted by Gasteiger charge is 2.45. The van der Waals surface area contributed by atoms with Crippen molar-refractivity contribution < 1.29 is 9.90 Å². The second kappa shape index (κ2) is 5.75. The molecule has 0 radical (unpaired) electrons. The maximum atomic E-state index is 11.6. The molecular formula is C20H18ClNO2. The SMILES string of the molecule is O=C(O)c1ccccc1CC12CCCCC1=Nc1ccc(Cl)cc12. The number of hydrogen-bond acceptors (Lipinski definition) is 2. The van der Waals surface area contributed by atoms with Gasteiger partial charge in [0.2, 0.25) is 0 Å². The van der Waals surface area contributed by atoms with Crippen LogP contribution in [0.25, 0.3) is 0 Å². The Hall–Kier alpha value is -2.13. The summed E-state index contributed by atoms with van der Waals surface area (Å²) in [6.45, 7) is 0. The standard InChI is InChI=1S/C20H18ClNO2/c21-14-8-9-17-16(11-14)20(10-4-3-7-18(20)22-17)12-13-5-1-2-6-15(13)19(23)24/h1-2,5-6,8-9,11H,3-4,7,10,12H2,(H,23,24). The molecule has 1 fully saturated rings. The first-order valence-corrected chi connectivity index (χ1v) is 8.67. The van der Waals surface area contributed by atoms with Gasteiger partial charge in [-0.1, -0.05) is 36.2 Å². The number of hydrogen-bond donors (Lipinski definition) is 1. The number of rotatable bonds is 3. The maximum Gasteiger partial charge on any atom is 0.335 e. The van der Waals surface area contributed by atoms with Crippen LogP contribution in [-0.2, 0) is 11.8 Å². The molecule has 24 heavy (non-hydrogen) atoms. The molecule has 0 amide bonds. The van der Waals surface area contributed by atoms with E-state index in [9.17, 15) is 9.90 Å². The van der Waals surface area contributed by atoms with Gasteiger partial charge >= 0.3 is 5.97 Å². The van der Waals surface area contributed by atoms with E-state index in [1.54, 1.807) is 12.1 Å². The zero-order chi connectivity index (χ0) is 16.7. The van der Waals surface area contributed by atoms with Gasteiger partial charge in [0.15, 0.2) is 0 Å². The van der Waals surface area contributed by atoms with Crippen LogP contribution in [0, 0.1) is 0 Å². The molecule has 1 N–H and O–H groups in total. The lowest BCUT2D eigenvalue weighted by molar-refractivity contribution is 0.0695. The summed E-state index contributed by atoms with van der Waals surface area (Å²) >= 11 is 6.26. The third-order valence-electron chi connectivity index (χ3n) is 5.29. The molecule has 1 saturated carbocycles. The Balaban J connectivity index is 1.85. The zero-order valence-corrected chi connectivity index (χ0v) is 14.0. The van der Waals surface area contributed by atoms with Gasteiger partial charge in [0.05, 0.1) is 11.3 Å². The van der Waals surface area contributed by atoms with Crippen LogP contribution in [0.15, 0.2) is 47.5 Å². The molecule has 1 aliphatic heterocycles. The highest BCUT2D eigenvalue weighted by Crippen LogP contribution is 2.50. The minimum Gasteiger partial charge on any atom is -0.478 e. The monoisotopic (exact) mass is 339 g/mol. The summed E-state index contributed by atoms with van der Waals surface area (Å²) in [5.74, 6) is -0.874. The first kappa shape index (κ1) is 15.4. The van der Waals surface area contributed by atoms with Crippen LogP contribution in [-0.4, -0.2) is 16.8 Å². The summed E-state index contributed by atoms with van der Waals surface area (Å²) in [5.41, 5.74) is 4.38. The number of carboxylic acid groups (broad SMARTS) is 1. The van der Waals surface area contributed by atoms with Crippen molar-refractivity contribution in [2.45, 2.75) is 37.5 Å². The van der Waals surface area contributed by atoms with E-state index in [0.29, 0.717) is 17.0 Å². The van der Waals surface area contributed by atoms with Gasteiger partial charge in [0.1, 0.15) is 0 Å². The summed E-state index contributed by atoms with van der Waals surface area (Å²) < 4.78 is 0. The molecule has 4 heteroatoms. The van der Waals surface area contributed by atoms with E-state index in [2.05, 4.69) is 0 Å². The van der Waals surface area contributed by atoms with Gasteiger partial charge in [0, 0.05) is 16.1 Å². The Morgan fingerprint density at radius 3 is 2.88 bits per heavy atom. The van der Waals surface area contributed by atoms with E-state index in [4.69, 9.17) is 16.6 Å². The van der Waals surface area contributed by atoms with Crippen LogP contribution in [0.5, 0.6) is 0 Å². The molecule has 122 valence electrons. The molecule has 1 heterocycles. The minimum absolute atomic E-state index is 0.204. The molecule has 0 bridgehead atoms. The van der Waals surface area contributed by atoms with Crippen molar-refractivity contribution in [2.75, 3.05) is 0 Å². The number of nitrogens with zero attached hydrogens (tertiary/aromatic N) is 1. The highest BCUT2D eigenvalue weighted by atomic mass is 35.5. The van der Waals surface area contributed by atoms with E-state index >= 15 is 0 Å². The molecule has 3 nitrogen and oxygen atoms in total. The van der Waals surface area contributed by atoms with Crippen molar-refractivity contribution in [1.82, 2.24) is 0 Å². The smallest absolute Gasteiger partial charge is 0.335 e. The van der Waals surface area contributed by atoms with Crippen LogP contribution in [0.2, 0.25) is 5.02 Å². The fourth-order valence-corrected chi connectivity index (χ4v) is 4.36. The Morgan fingerprint density at radius 2 is 2.04 bits per heavy atom. The third-order valence-corrected chi connectivity index (χ3v) is 5.52. The first-order valence-electron chi connectivity index (χ1n) is 8.29. The summed E-state index contributed by atoms with van der Waals surface area (Å²) in [7, 11) is 0. The van der Waals surface area contributed by atoms with Crippen molar-refractivity contribution in [3.63, 3.8) is 0 Å². The normalized spacial score (nSPS) is 21.8. The fourth-order valence-electron chi connectivity index (χ4n) is 4.18. The van der Waals surface area contributed by atoms with Crippen molar-refractivity contribution in [1.29, 1.82) is 0 Å². The van der Waals surface area contributed by atoms with E-state index in [1.807, 2.05) is 30.3 Å². The van der Waals surface area contributed by atoms with Crippen molar-refractivity contribution >= 4 is 29.0 Å². The first-order chi connectivity index (χ1) is 11.6. The predicted molar refractivity (Wildman–Crippen MR) is 95.8 cm³/mol. The van der Waals surface area contributed by atoms with Crippen molar-refractivity contribution in [2.24, 2.45) is 4.99 Å². The number of carboxylic acids is 1. The van der Waals surface area contributed by atoms with E-state index in [0.717, 1.165) is 42.5 Å². The molecule has 2 aromatic carbocycles. The lowest BCUT2D eigenvalue weighted by Gasteiger charge is -2.36. The van der Waals surface area contributed by atoms with Gasteiger partial charge in [-0.2, -0.15) is 0 Å². The average molecular weight is 340 g/mol. The minimum atomic E-state index is -0.874. The zero-order valence-electron chi connectivity index (χ0n) is 13.3. The molecular weight excluding hydrogens is 322 g/mol. The van der Waals surface area contributed by atoms with Crippen molar-refractivity contribution in [3.8, 4) is 0 Å². The van der Waals surface area contributed by atoms with Gasteiger partial charge in [-0.3, -0.25) is 4.99 Å². The van der Waals surface area contributed by atoms with Gasteiger partial charge in [0.25, 0.3) is 0 Å². The summed E-state index contributed by atoms with van der Waals surface area (Å²) in [4.78, 5) is 16.5. The van der Waals surface area contributed by atoms with Crippen LogP contribution in [0.4, 0.5) is 5.69 Å². The van der Waals surface area contributed by atoms with Gasteiger partial charge in [-0.15, -0.1) is 0 Å². The van der Waals surface area contributed by atoms with Gasteiger partial charge in [-0.25, -0.2) is 4.79 Å². The molecule has 4 rings (SSSR count). The van der Waals surface area contributed by atoms with Crippen LogP contribution >= 0.6 is 11.6 Å². The number of aliphatic imine (C=N–C) groups is 1. The van der Waals surface area contributed by atoms with Crippen LogP contribution in [0.1, 0.15) is 47.2 Å². The van der Waals surface area contributed by atoms with Gasteiger partial charge in [-0.05, 0) is 61.1 Å². The number of halogens is 1. The number of aromatic carboxylic acids is 1. The predicted octanol–water partition coefficient (Wildman–Crippen LogP) is 5.18. The number of fused-ring (bicyclic) bond motifs is 3. The summed E-state index contributed by atoms with van der Waals surface area (Å²) in [6, 6.07) is 13.2. The second-order valence-corrected chi connectivity index (χ2v) is 7.08. The second-order valence-electron chi connectivity index (χ2n) is 6.65. The molecule has 1 atom stereocenters. The van der Waals surface area contributed by atoms with E-state index in [1.165, 1.54) is 5.71 Å². The Kier molecular flexibility index (Phi) is 3.69. The van der Waals surface area contributed by atoms with Crippen molar-refractivity contribution in [3.05, 3.63) is 64.2 Å². The van der Waals surface area contributed by atoms with Gasteiger partial charge < -0.3 is 5.11 Å². The molecule has 0 saturated heterocycles. The molecule has 2 aromatic rings. The molecule has 2 aliphatic rings. The lowest BCUT2D eigenvalue weighted by atomic mass is 9.65. The topological polar surface area (TPSA) is 49.7 Å². The summed E-state index contributed by atoms with van der Waals surface area (Å²) in [5, 5.41) is 10.2. The molecule has 0 aromatic heterocycles. The largest absolute Gasteiger partial charge is 0.478 e. The molecule has 1 unspecified atom stereocenters. The van der Waals surface area contributed by atoms with Crippen LogP contribution in [0.3, 0.4) is 0 Å². The van der Waals surface area contributed by atoms with E-state index < -0.39 is 5.97 Å². The Bertz CT molecular complexity index is 858. The van der Waals surface area contributed by atoms with E-state index in [-0.39, 0.29) is 5.41 Å². The highest BCUT2D eigenvalue weighted by molar-refractivity contribution is 6.30. The summed E-state index contributed by atoms with van der Waals surface area (Å²) in [6.07, 6.45) is 4.90. The lowest BCUT2D eigenvalue weighted by Crippen LogP contribution is -2.38. The fraction of sp³-hybridized carbons (Fsp3) is 0.300. The average Bonchev–Trinajstić information content (AvgIpc) is 2.89. The maximum absolute atomic E-state index is 11.6. The number of carbonyl (C=O) groups is 1. The van der Waals surface area contributed by atoms with Crippen LogP contribution < -0.4 is 0 Å². The Morgan fingerprint density at radius 1 is 1.21 bits per heavy atom. The molecule has 0 spiro atoms. The Labute approximate surface area is 146 Å². The third kappa shape index (κ3) is 2.35.